The van der Waals surface area contributed by atoms with Crippen LogP contribution >= 0.6 is 11.8 Å². The van der Waals surface area contributed by atoms with Crippen molar-refractivity contribution in [2.75, 3.05) is 23.9 Å². The van der Waals surface area contributed by atoms with E-state index in [1.807, 2.05) is 0 Å². The number of imidazole rings is 1. The number of carbonyl (C=O) groups excluding carboxylic acids is 5. The summed E-state index contributed by atoms with van der Waals surface area (Å²) in [6, 6.07) is 6.80. The number of alkyl halides is 3. The number of thioether (sulfide) groups is 1. The molecule has 0 unspecified atom stereocenters. The number of fused-ring (bicyclic) bond motifs is 1. The number of amides is 2. The number of hydrogen-bond donors (Lipinski definition) is 2. The molecule has 2 N–H and O–H groups in total. The van der Waals surface area contributed by atoms with Gasteiger partial charge in [-0.1, -0.05) is 18.2 Å². The first-order chi connectivity index (χ1) is 22.6. The molecule has 3 aromatic rings. The Balaban J connectivity index is 1.59. The van der Waals surface area contributed by atoms with Crippen LogP contribution in [0.25, 0.3) is 11.2 Å². The third-order valence-electron chi connectivity index (χ3n) is 7.06. The smallest absolute Gasteiger partial charge is 0.467 e. The van der Waals surface area contributed by atoms with Crippen molar-refractivity contribution < 1.29 is 56.1 Å². The second-order valence-electron chi connectivity index (χ2n) is 10.7. The van der Waals surface area contributed by atoms with Gasteiger partial charge in [-0.3, -0.25) is 23.7 Å². The predicted molar refractivity (Wildman–Crippen MR) is 161 cm³/mol. The standard InChI is InChI=1S/C29H31F3N6O9S/c1-15(39)45-20-21(46-16(2)40)28(3,12-48-11-10-18(26(42)44-4)36-27(43)29(30,31)32)47-25(20)38-14-35-19-22(33-13-34-23(19)38)37-24(41)17-8-6-5-7-9-17/h5-9,13-14,18,20-21,25H,10-12H2,1-4H3,(H,36,43)(H,33,34,37,41)/t18-,20+,21-,25+,28+/m0/s1. The van der Waals surface area contributed by atoms with E-state index in [2.05, 4.69) is 25.0 Å². The largest absolute Gasteiger partial charge is 0.471 e. The Kier molecular flexibility index (Phi) is 11.2. The monoisotopic (exact) mass is 696 g/mol. The molecule has 19 heteroatoms. The number of nitrogens with one attached hydrogen (secondary N) is 2. The van der Waals surface area contributed by atoms with Crippen LogP contribution in [0, 0.1) is 0 Å². The second-order valence-corrected chi connectivity index (χ2v) is 11.8. The van der Waals surface area contributed by atoms with E-state index < -0.39 is 66.0 Å². The molecule has 1 fully saturated rings. The van der Waals surface area contributed by atoms with Crippen LogP contribution in [0.4, 0.5) is 19.0 Å². The molecule has 2 amide bonds. The van der Waals surface area contributed by atoms with Crippen molar-refractivity contribution in [3.05, 3.63) is 48.5 Å². The third kappa shape index (κ3) is 8.38. The van der Waals surface area contributed by atoms with E-state index in [9.17, 15) is 37.1 Å². The molecule has 48 heavy (non-hydrogen) atoms. The summed E-state index contributed by atoms with van der Waals surface area (Å²) in [4.78, 5) is 73.5. The number of rotatable bonds is 12. The van der Waals surface area contributed by atoms with Crippen LogP contribution in [0.2, 0.25) is 0 Å². The van der Waals surface area contributed by atoms with Gasteiger partial charge in [0.2, 0.25) is 0 Å². The first kappa shape index (κ1) is 36.1. The van der Waals surface area contributed by atoms with Gasteiger partial charge < -0.3 is 29.6 Å². The van der Waals surface area contributed by atoms with Crippen molar-refractivity contribution in [1.29, 1.82) is 0 Å². The molecule has 258 valence electrons. The highest BCUT2D eigenvalue weighted by atomic mass is 32.2. The molecule has 1 aromatic carbocycles. The van der Waals surface area contributed by atoms with E-state index in [0.717, 1.165) is 32.7 Å². The summed E-state index contributed by atoms with van der Waals surface area (Å²) in [5.41, 5.74) is -0.662. The molecule has 1 saturated heterocycles. The lowest BCUT2D eigenvalue weighted by Gasteiger charge is -2.30. The molecule has 0 bridgehead atoms. The first-order valence-corrected chi connectivity index (χ1v) is 15.4. The summed E-state index contributed by atoms with van der Waals surface area (Å²) < 4.78 is 61.9. The SMILES string of the molecule is COC(=O)[C@H](CCSC[C@@]1(C)O[C@@H](n2cnc3c(NC(=O)c4ccccc4)ncnc32)[C@H](OC(C)=O)[C@@H]1OC(C)=O)NC(=O)C(F)(F)F. The molecule has 0 saturated carbocycles. The summed E-state index contributed by atoms with van der Waals surface area (Å²) in [6.07, 6.45) is -6.55. The van der Waals surface area contributed by atoms with Crippen LogP contribution in [0.3, 0.4) is 0 Å². The van der Waals surface area contributed by atoms with Gasteiger partial charge in [-0.25, -0.2) is 19.7 Å². The number of esters is 3. The number of ether oxygens (including phenoxy) is 4. The normalized spacial score (nSPS) is 21.3. The zero-order valence-corrected chi connectivity index (χ0v) is 26.8. The number of carbonyl (C=O) groups is 5. The van der Waals surface area contributed by atoms with Gasteiger partial charge in [-0.2, -0.15) is 24.9 Å². The Bertz CT molecular complexity index is 1670. The Morgan fingerprint density at radius 1 is 1.06 bits per heavy atom. The lowest BCUT2D eigenvalue weighted by molar-refractivity contribution is -0.175. The molecule has 1 aliphatic heterocycles. The summed E-state index contributed by atoms with van der Waals surface area (Å²) >= 11 is 1.11. The maximum atomic E-state index is 12.8. The van der Waals surface area contributed by atoms with Crippen molar-refractivity contribution >= 4 is 58.5 Å². The number of aromatic nitrogens is 4. The maximum Gasteiger partial charge on any atom is 0.471 e. The van der Waals surface area contributed by atoms with Crippen molar-refractivity contribution in [2.24, 2.45) is 0 Å². The van der Waals surface area contributed by atoms with Gasteiger partial charge in [-0.15, -0.1) is 0 Å². The highest BCUT2D eigenvalue weighted by Gasteiger charge is 2.57. The fourth-order valence-electron chi connectivity index (χ4n) is 4.93. The van der Waals surface area contributed by atoms with E-state index in [1.165, 1.54) is 17.2 Å². The van der Waals surface area contributed by atoms with Gasteiger partial charge >= 0.3 is 30.0 Å². The van der Waals surface area contributed by atoms with Crippen LogP contribution in [-0.4, -0.2) is 97.9 Å². The predicted octanol–water partition coefficient (Wildman–Crippen LogP) is 2.57. The number of anilines is 1. The highest BCUT2D eigenvalue weighted by Crippen LogP contribution is 2.43. The average Bonchev–Trinajstić information content (AvgIpc) is 3.57. The Morgan fingerprint density at radius 2 is 1.75 bits per heavy atom. The quantitative estimate of drug-likeness (QED) is 0.160. The molecule has 1 aliphatic rings. The van der Waals surface area contributed by atoms with Crippen LogP contribution in [0.5, 0.6) is 0 Å². The number of benzene rings is 1. The van der Waals surface area contributed by atoms with Crippen LogP contribution in [-0.2, 0) is 38.1 Å². The minimum absolute atomic E-state index is 0.0142. The summed E-state index contributed by atoms with van der Waals surface area (Å²) in [5.74, 6) is -5.14. The topological polar surface area (TPSA) is 190 Å². The summed E-state index contributed by atoms with van der Waals surface area (Å²) in [5, 5.41) is 4.31. The summed E-state index contributed by atoms with van der Waals surface area (Å²) in [6.45, 7) is 3.88. The van der Waals surface area contributed by atoms with Crippen molar-refractivity contribution in [1.82, 2.24) is 24.8 Å². The molecule has 3 heterocycles. The molecular weight excluding hydrogens is 665 g/mol. The van der Waals surface area contributed by atoms with E-state index >= 15 is 0 Å². The lowest BCUT2D eigenvalue weighted by Crippen LogP contribution is -2.48. The van der Waals surface area contributed by atoms with E-state index in [4.69, 9.17) is 14.2 Å². The highest BCUT2D eigenvalue weighted by molar-refractivity contribution is 7.99. The van der Waals surface area contributed by atoms with Gasteiger partial charge in [0, 0.05) is 25.2 Å². The molecule has 4 rings (SSSR count). The van der Waals surface area contributed by atoms with Gasteiger partial charge in [0.05, 0.1) is 13.4 Å². The van der Waals surface area contributed by atoms with E-state index in [1.54, 1.807) is 42.6 Å². The molecule has 15 nitrogen and oxygen atoms in total. The number of hydrogen-bond acceptors (Lipinski definition) is 13. The number of nitrogens with zero attached hydrogens (tertiary/aromatic N) is 4. The van der Waals surface area contributed by atoms with Crippen molar-refractivity contribution in [3.63, 3.8) is 0 Å². The Morgan fingerprint density at radius 3 is 2.38 bits per heavy atom. The van der Waals surface area contributed by atoms with Crippen molar-refractivity contribution in [2.45, 2.75) is 63.4 Å². The molecular formula is C29H31F3N6O9S. The first-order valence-electron chi connectivity index (χ1n) is 14.2. The van der Waals surface area contributed by atoms with Gasteiger partial charge in [0.25, 0.3) is 5.91 Å². The zero-order chi connectivity index (χ0) is 35.2. The van der Waals surface area contributed by atoms with Gasteiger partial charge in [0.1, 0.15) is 18.0 Å². The Hall–Kier alpha value is -4.78. The lowest BCUT2D eigenvalue weighted by atomic mass is 9.99. The van der Waals surface area contributed by atoms with E-state index in [-0.39, 0.29) is 34.9 Å². The molecule has 2 aromatic heterocycles. The number of halogens is 3. The minimum Gasteiger partial charge on any atom is -0.467 e. The third-order valence-corrected chi connectivity index (χ3v) is 8.36. The average molecular weight is 697 g/mol. The van der Waals surface area contributed by atoms with Gasteiger partial charge in [0.15, 0.2) is 35.4 Å². The molecule has 5 atom stereocenters. The van der Waals surface area contributed by atoms with E-state index in [0.29, 0.717) is 5.56 Å². The summed E-state index contributed by atoms with van der Waals surface area (Å²) in [7, 11) is 0.972. The number of methoxy groups -OCH3 is 1. The van der Waals surface area contributed by atoms with Gasteiger partial charge in [-0.05, 0) is 31.2 Å². The van der Waals surface area contributed by atoms with Crippen LogP contribution in [0.15, 0.2) is 43.0 Å². The second kappa shape index (κ2) is 15.0. The van der Waals surface area contributed by atoms with Crippen LogP contribution < -0.4 is 10.6 Å². The zero-order valence-electron chi connectivity index (χ0n) is 26.0. The minimum atomic E-state index is -5.21. The maximum absolute atomic E-state index is 12.8. The molecule has 0 aliphatic carbocycles. The van der Waals surface area contributed by atoms with Crippen LogP contribution in [0.1, 0.15) is 43.8 Å². The Labute approximate surface area is 275 Å². The molecule has 0 radical (unpaired) electrons. The fraction of sp³-hybridized carbons (Fsp3) is 0.448. The van der Waals surface area contributed by atoms with Crippen molar-refractivity contribution in [3.8, 4) is 0 Å². The fourth-order valence-corrected chi connectivity index (χ4v) is 6.11. The molecule has 0 spiro atoms.